The maximum absolute atomic E-state index is 12.9. The SMILES string of the molecule is CC(C)COC(=O)N1CCN(c2ccc(NC(=O)Cn3cnc(-c4ccnc(C(F)(F)F)c4)c3)nc2)CC1. The number of carbonyl (C=O) groups excluding carboxylic acids is 2. The zero-order valence-electron chi connectivity index (χ0n) is 21.0. The van der Waals surface area contributed by atoms with E-state index in [2.05, 4.69) is 25.2 Å². The predicted molar refractivity (Wildman–Crippen MR) is 133 cm³/mol. The first-order valence-corrected chi connectivity index (χ1v) is 12.1. The lowest BCUT2D eigenvalue weighted by Gasteiger charge is -2.35. The third-order valence-electron chi connectivity index (χ3n) is 5.76. The molecule has 3 aromatic rings. The van der Waals surface area contributed by atoms with Gasteiger partial charge >= 0.3 is 12.3 Å². The molecule has 1 saturated heterocycles. The van der Waals surface area contributed by atoms with Gasteiger partial charge in [-0.2, -0.15) is 13.2 Å². The summed E-state index contributed by atoms with van der Waals surface area (Å²) in [5.74, 6) is 0.275. The Labute approximate surface area is 217 Å². The van der Waals surface area contributed by atoms with Crippen LogP contribution in [0.15, 0.2) is 49.2 Å². The molecule has 0 spiro atoms. The molecule has 0 unspecified atom stereocenters. The Kier molecular flexibility index (Phi) is 8.13. The summed E-state index contributed by atoms with van der Waals surface area (Å²) in [5, 5.41) is 2.70. The fraction of sp³-hybridized carbons (Fsp3) is 0.400. The van der Waals surface area contributed by atoms with Gasteiger partial charge in [0.2, 0.25) is 5.91 Å². The van der Waals surface area contributed by atoms with E-state index in [1.807, 2.05) is 19.9 Å². The second-order valence-electron chi connectivity index (χ2n) is 9.25. The summed E-state index contributed by atoms with van der Waals surface area (Å²) >= 11 is 0. The number of nitrogens with zero attached hydrogens (tertiary/aromatic N) is 6. The van der Waals surface area contributed by atoms with Crippen molar-refractivity contribution in [2.45, 2.75) is 26.6 Å². The van der Waals surface area contributed by atoms with Crippen molar-refractivity contribution in [1.29, 1.82) is 0 Å². The van der Waals surface area contributed by atoms with Crippen LogP contribution in [0.2, 0.25) is 0 Å². The van der Waals surface area contributed by atoms with Crippen molar-refractivity contribution in [1.82, 2.24) is 24.4 Å². The van der Waals surface area contributed by atoms with Crippen molar-refractivity contribution in [2.75, 3.05) is 43.0 Å². The number of nitrogens with one attached hydrogen (secondary N) is 1. The molecule has 2 amide bonds. The van der Waals surface area contributed by atoms with E-state index in [9.17, 15) is 22.8 Å². The highest BCUT2D eigenvalue weighted by Gasteiger charge is 2.32. The molecular weight excluding hydrogens is 503 g/mol. The first-order valence-electron chi connectivity index (χ1n) is 12.1. The molecule has 10 nitrogen and oxygen atoms in total. The summed E-state index contributed by atoms with van der Waals surface area (Å²) < 4.78 is 45.5. The molecule has 1 N–H and O–H groups in total. The van der Waals surface area contributed by atoms with Gasteiger partial charge < -0.3 is 24.4 Å². The number of imidazole rings is 1. The minimum absolute atomic E-state index is 0.0947. The summed E-state index contributed by atoms with van der Waals surface area (Å²) in [6.07, 6.45) is 0.726. The highest BCUT2D eigenvalue weighted by Crippen LogP contribution is 2.30. The lowest BCUT2D eigenvalue weighted by Crippen LogP contribution is -2.49. The number of carbonyl (C=O) groups is 2. The highest BCUT2D eigenvalue weighted by molar-refractivity contribution is 5.89. The first kappa shape index (κ1) is 26.9. The maximum Gasteiger partial charge on any atom is 0.433 e. The van der Waals surface area contributed by atoms with E-state index >= 15 is 0 Å². The Bertz CT molecular complexity index is 1250. The number of halogens is 3. The van der Waals surface area contributed by atoms with Crippen molar-refractivity contribution in [3.05, 3.63) is 54.9 Å². The van der Waals surface area contributed by atoms with E-state index < -0.39 is 11.9 Å². The average Bonchev–Trinajstić information content (AvgIpc) is 3.35. The molecule has 0 aliphatic carbocycles. The lowest BCUT2D eigenvalue weighted by atomic mass is 10.2. The van der Waals surface area contributed by atoms with Crippen LogP contribution in [0.5, 0.6) is 0 Å². The van der Waals surface area contributed by atoms with Crippen molar-refractivity contribution < 1.29 is 27.5 Å². The smallest absolute Gasteiger partial charge is 0.433 e. The summed E-state index contributed by atoms with van der Waals surface area (Å²) in [4.78, 5) is 40.1. The molecule has 0 saturated carbocycles. The molecule has 1 aliphatic heterocycles. The number of piperazine rings is 1. The zero-order valence-corrected chi connectivity index (χ0v) is 21.0. The van der Waals surface area contributed by atoms with Gasteiger partial charge in [0, 0.05) is 44.1 Å². The Balaban J connectivity index is 1.28. The van der Waals surface area contributed by atoms with Gasteiger partial charge in [-0.15, -0.1) is 0 Å². The van der Waals surface area contributed by atoms with E-state index in [1.165, 1.54) is 23.2 Å². The Morgan fingerprint density at radius 1 is 1.08 bits per heavy atom. The Hall–Kier alpha value is -4.16. The Morgan fingerprint density at radius 3 is 2.50 bits per heavy atom. The van der Waals surface area contributed by atoms with Crippen LogP contribution < -0.4 is 10.2 Å². The monoisotopic (exact) mass is 531 g/mol. The summed E-state index contributed by atoms with van der Waals surface area (Å²) in [7, 11) is 0. The molecule has 38 heavy (non-hydrogen) atoms. The van der Waals surface area contributed by atoms with Gasteiger partial charge in [-0.1, -0.05) is 13.8 Å². The molecule has 13 heteroatoms. The summed E-state index contributed by atoms with van der Waals surface area (Å²) in [6, 6.07) is 5.86. The molecule has 4 heterocycles. The summed E-state index contributed by atoms with van der Waals surface area (Å²) in [6.45, 7) is 6.62. The van der Waals surface area contributed by atoms with E-state index in [1.54, 1.807) is 17.2 Å². The van der Waals surface area contributed by atoms with Gasteiger partial charge in [0.05, 0.1) is 30.5 Å². The zero-order chi connectivity index (χ0) is 27.3. The van der Waals surface area contributed by atoms with Gasteiger partial charge in [0.25, 0.3) is 0 Å². The Morgan fingerprint density at radius 2 is 1.84 bits per heavy atom. The van der Waals surface area contributed by atoms with Crippen LogP contribution in [-0.2, 0) is 22.3 Å². The maximum atomic E-state index is 12.9. The van der Waals surface area contributed by atoms with Crippen LogP contribution in [0.1, 0.15) is 19.5 Å². The molecule has 4 rings (SSSR count). The quantitative estimate of drug-likeness (QED) is 0.493. The number of aromatic nitrogens is 4. The predicted octanol–water partition coefficient (Wildman–Crippen LogP) is 3.91. The summed E-state index contributed by atoms with van der Waals surface area (Å²) in [5.41, 5.74) is 0.398. The highest BCUT2D eigenvalue weighted by atomic mass is 19.4. The number of amides is 2. The average molecular weight is 532 g/mol. The molecule has 3 aromatic heterocycles. The van der Waals surface area contributed by atoms with Crippen LogP contribution in [0, 0.1) is 5.92 Å². The van der Waals surface area contributed by atoms with Crippen molar-refractivity contribution >= 4 is 23.5 Å². The minimum atomic E-state index is -4.56. The van der Waals surface area contributed by atoms with Gasteiger partial charge in [0.15, 0.2) is 0 Å². The second kappa shape index (κ2) is 11.5. The van der Waals surface area contributed by atoms with E-state index in [4.69, 9.17) is 4.74 Å². The van der Waals surface area contributed by atoms with E-state index in [0.717, 1.165) is 18.0 Å². The number of pyridine rings is 2. The van der Waals surface area contributed by atoms with E-state index in [0.29, 0.717) is 44.3 Å². The number of rotatable bonds is 7. The van der Waals surface area contributed by atoms with Crippen LogP contribution >= 0.6 is 0 Å². The van der Waals surface area contributed by atoms with Crippen LogP contribution in [-0.4, -0.2) is 69.2 Å². The van der Waals surface area contributed by atoms with Crippen LogP contribution in [0.4, 0.5) is 29.5 Å². The normalized spacial score (nSPS) is 14.1. The van der Waals surface area contributed by atoms with Crippen LogP contribution in [0.3, 0.4) is 0 Å². The minimum Gasteiger partial charge on any atom is -0.449 e. The molecule has 1 aliphatic rings. The number of anilines is 2. The van der Waals surface area contributed by atoms with Crippen LogP contribution in [0.25, 0.3) is 11.3 Å². The van der Waals surface area contributed by atoms with Crippen molar-refractivity contribution in [3.8, 4) is 11.3 Å². The third kappa shape index (κ3) is 6.99. The van der Waals surface area contributed by atoms with Crippen molar-refractivity contribution in [2.24, 2.45) is 5.92 Å². The largest absolute Gasteiger partial charge is 0.449 e. The molecule has 0 bridgehead atoms. The first-order chi connectivity index (χ1) is 18.1. The number of ether oxygens (including phenoxy) is 1. The molecule has 0 atom stereocenters. The molecular formula is C25H28F3N7O3. The van der Waals surface area contributed by atoms with Gasteiger partial charge in [0.1, 0.15) is 18.1 Å². The molecule has 202 valence electrons. The number of alkyl halides is 3. The van der Waals surface area contributed by atoms with Gasteiger partial charge in [-0.05, 0) is 30.2 Å². The molecule has 1 fully saturated rings. The molecule has 0 aromatic carbocycles. The van der Waals surface area contributed by atoms with Gasteiger partial charge in [-0.3, -0.25) is 9.78 Å². The fourth-order valence-corrected chi connectivity index (χ4v) is 3.81. The third-order valence-corrected chi connectivity index (χ3v) is 5.76. The number of hydrogen-bond donors (Lipinski definition) is 1. The standard InChI is InChI=1S/C25H28F3N7O3/c1-17(2)15-38-24(37)35-9-7-34(8-10-35)19-3-4-22(30-12-19)32-23(36)14-33-13-20(31-16-33)18-5-6-29-21(11-18)25(26,27)28/h3-6,11-13,16-17H,7-10,14-15H2,1-2H3,(H,30,32,36). The van der Waals surface area contributed by atoms with Gasteiger partial charge in [-0.25, -0.2) is 14.8 Å². The second-order valence-corrected chi connectivity index (χ2v) is 9.25. The molecule has 0 radical (unpaired) electrons. The topological polar surface area (TPSA) is 105 Å². The van der Waals surface area contributed by atoms with E-state index in [-0.39, 0.29) is 30.0 Å². The number of hydrogen-bond acceptors (Lipinski definition) is 7. The lowest BCUT2D eigenvalue weighted by molar-refractivity contribution is -0.141. The fourth-order valence-electron chi connectivity index (χ4n) is 3.81. The van der Waals surface area contributed by atoms with Crippen molar-refractivity contribution in [3.63, 3.8) is 0 Å².